The molecule has 110 valence electrons. The zero-order valence-electron chi connectivity index (χ0n) is 12.5. The Balaban J connectivity index is 2.60. The molecular formula is C15H22N2O3. The molecule has 5 nitrogen and oxygen atoms in total. The molecule has 20 heavy (non-hydrogen) atoms. The monoisotopic (exact) mass is 278 g/mol. The summed E-state index contributed by atoms with van der Waals surface area (Å²) < 4.78 is 4.70. The fourth-order valence-corrected chi connectivity index (χ4v) is 1.72. The third kappa shape index (κ3) is 4.57. The van der Waals surface area contributed by atoms with Gasteiger partial charge in [-0.2, -0.15) is 0 Å². The number of carbonyl (C=O) groups is 2. The number of methoxy groups -OCH3 is 1. The molecule has 0 aliphatic carbocycles. The lowest BCUT2D eigenvalue weighted by Gasteiger charge is -2.15. The van der Waals surface area contributed by atoms with Gasteiger partial charge in [0, 0.05) is 19.3 Å². The first-order valence-electron chi connectivity index (χ1n) is 6.66. The average molecular weight is 278 g/mol. The molecule has 0 fully saturated rings. The van der Waals surface area contributed by atoms with Crippen LogP contribution in [0.25, 0.3) is 0 Å². The molecule has 0 radical (unpaired) electrons. The Kier molecular flexibility index (Phi) is 6.03. The maximum atomic E-state index is 11.7. The Morgan fingerprint density at radius 1 is 1.30 bits per heavy atom. The molecule has 1 aromatic carbocycles. The van der Waals surface area contributed by atoms with E-state index in [1.54, 1.807) is 11.9 Å². The van der Waals surface area contributed by atoms with Gasteiger partial charge in [-0.1, -0.05) is 19.1 Å². The van der Waals surface area contributed by atoms with Crippen LogP contribution >= 0.6 is 0 Å². The van der Waals surface area contributed by atoms with Gasteiger partial charge in [0.25, 0.3) is 0 Å². The molecule has 0 aliphatic rings. The fourth-order valence-electron chi connectivity index (χ4n) is 1.72. The second-order valence-electron chi connectivity index (χ2n) is 4.77. The van der Waals surface area contributed by atoms with Crippen molar-refractivity contribution in [2.45, 2.75) is 20.3 Å². The van der Waals surface area contributed by atoms with Crippen LogP contribution in [0, 0.1) is 5.92 Å². The Morgan fingerprint density at radius 3 is 2.40 bits per heavy atom. The maximum absolute atomic E-state index is 11.7. The largest absolute Gasteiger partial charge is 0.469 e. The average Bonchev–Trinajstić information content (AvgIpc) is 2.47. The summed E-state index contributed by atoms with van der Waals surface area (Å²) in [6, 6.07) is 7.34. The quantitative estimate of drug-likeness (QED) is 0.842. The van der Waals surface area contributed by atoms with Crippen LogP contribution in [0.2, 0.25) is 0 Å². The van der Waals surface area contributed by atoms with Crippen molar-refractivity contribution in [2.75, 3.05) is 26.0 Å². The van der Waals surface area contributed by atoms with Gasteiger partial charge in [0.1, 0.15) is 0 Å². The molecule has 0 saturated carbocycles. The smallest absolute Gasteiger partial charge is 0.321 e. The topological polar surface area (TPSA) is 58.6 Å². The Hall–Kier alpha value is -2.04. The van der Waals surface area contributed by atoms with Crippen molar-refractivity contribution >= 4 is 17.7 Å². The standard InChI is InChI=1S/C15H22N2O3/c1-5-17(3)15(19)16-13-8-6-12(7-9-13)10-11(2)14(18)20-4/h6-9,11H,5,10H2,1-4H3,(H,16,19)/t11-/m0/s1. The first kappa shape index (κ1) is 16.0. The van der Waals surface area contributed by atoms with Crippen molar-refractivity contribution in [2.24, 2.45) is 5.92 Å². The summed E-state index contributed by atoms with van der Waals surface area (Å²) in [5.41, 5.74) is 1.77. The molecule has 0 saturated heterocycles. The van der Waals surface area contributed by atoms with Gasteiger partial charge in [-0.3, -0.25) is 4.79 Å². The van der Waals surface area contributed by atoms with Crippen LogP contribution in [-0.2, 0) is 16.0 Å². The molecule has 0 aliphatic heterocycles. The van der Waals surface area contributed by atoms with Crippen LogP contribution in [0.5, 0.6) is 0 Å². The predicted molar refractivity (Wildman–Crippen MR) is 78.6 cm³/mol. The lowest BCUT2D eigenvalue weighted by molar-refractivity contribution is -0.144. The molecule has 0 unspecified atom stereocenters. The summed E-state index contributed by atoms with van der Waals surface area (Å²) in [5, 5.41) is 2.80. The van der Waals surface area contributed by atoms with E-state index in [1.807, 2.05) is 38.1 Å². The second kappa shape index (κ2) is 7.53. The normalized spacial score (nSPS) is 11.6. The number of carbonyl (C=O) groups excluding carboxylic acids is 2. The summed E-state index contributed by atoms with van der Waals surface area (Å²) in [6.07, 6.45) is 0.621. The molecule has 1 N–H and O–H groups in total. The first-order chi connectivity index (χ1) is 9.47. The van der Waals surface area contributed by atoms with Crippen LogP contribution in [0.15, 0.2) is 24.3 Å². The first-order valence-corrected chi connectivity index (χ1v) is 6.66. The van der Waals surface area contributed by atoms with Crippen LogP contribution in [0.4, 0.5) is 10.5 Å². The summed E-state index contributed by atoms with van der Waals surface area (Å²) in [4.78, 5) is 24.6. The Bertz CT molecular complexity index is 457. The van der Waals surface area contributed by atoms with E-state index in [2.05, 4.69) is 5.32 Å². The van der Waals surface area contributed by atoms with E-state index in [9.17, 15) is 9.59 Å². The lowest BCUT2D eigenvalue weighted by atomic mass is 10.0. The highest BCUT2D eigenvalue weighted by atomic mass is 16.5. The number of hydrogen-bond acceptors (Lipinski definition) is 3. The summed E-state index contributed by atoms with van der Waals surface area (Å²) in [7, 11) is 3.13. The number of rotatable bonds is 5. The highest BCUT2D eigenvalue weighted by Gasteiger charge is 2.13. The number of amides is 2. The molecular weight excluding hydrogens is 256 g/mol. The van der Waals surface area contributed by atoms with Gasteiger partial charge in [-0.05, 0) is 31.0 Å². The minimum atomic E-state index is -0.216. The van der Waals surface area contributed by atoms with Gasteiger partial charge < -0.3 is 15.0 Å². The number of benzene rings is 1. The van der Waals surface area contributed by atoms with Crippen LogP contribution in [0.1, 0.15) is 19.4 Å². The minimum Gasteiger partial charge on any atom is -0.469 e. The molecule has 0 aromatic heterocycles. The number of esters is 1. The molecule has 1 aromatic rings. The van der Waals surface area contributed by atoms with E-state index < -0.39 is 0 Å². The molecule has 5 heteroatoms. The number of nitrogens with one attached hydrogen (secondary N) is 1. The lowest BCUT2D eigenvalue weighted by Crippen LogP contribution is -2.30. The van der Waals surface area contributed by atoms with E-state index in [-0.39, 0.29) is 17.9 Å². The van der Waals surface area contributed by atoms with Crippen molar-refractivity contribution in [1.82, 2.24) is 4.90 Å². The molecule has 0 heterocycles. The fraction of sp³-hybridized carbons (Fsp3) is 0.467. The maximum Gasteiger partial charge on any atom is 0.321 e. The van der Waals surface area contributed by atoms with Crippen molar-refractivity contribution in [1.29, 1.82) is 0 Å². The Labute approximate surface area is 119 Å². The van der Waals surface area contributed by atoms with Crippen molar-refractivity contribution < 1.29 is 14.3 Å². The highest BCUT2D eigenvalue weighted by Crippen LogP contribution is 2.14. The van der Waals surface area contributed by atoms with E-state index >= 15 is 0 Å². The van der Waals surface area contributed by atoms with Gasteiger partial charge >= 0.3 is 12.0 Å². The van der Waals surface area contributed by atoms with E-state index in [4.69, 9.17) is 4.74 Å². The summed E-state index contributed by atoms with van der Waals surface area (Å²) >= 11 is 0. The molecule has 0 bridgehead atoms. The van der Waals surface area contributed by atoms with Gasteiger partial charge in [-0.25, -0.2) is 4.79 Å². The highest BCUT2D eigenvalue weighted by molar-refractivity contribution is 5.89. The van der Waals surface area contributed by atoms with E-state index in [1.165, 1.54) is 7.11 Å². The zero-order valence-corrected chi connectivity index (χ0v) is 12.5. The molecule has 1 atom stereocenters. The summed E-state index contributed by atoms with van der Waals surface area (Å²) in [5.74, 6) is -0.390. The van der Waals surface area contributed by atoms with Crippen molar-refractivity contribution in [3.8, 4) is 0 Å². The van der Waals surface area contributed by atoms with Gasteiger partial charge in [0.2, 0.25) is 0 Å². The Morgan fingerprint density at radius 2 is 1.90 bits per heavy atom. The minimum absolute atomic E-state index is 0.136. The molecule has 0 spiro atoms. The number of anilines is 1. The number of ether oxygens (including phenoxy) is 1. The third-order valence-electron chi connectivity index (χ3n) is 3.17. The number of nitrogens with zero attached hydrogens (tertiary/aromatic N) is 1. The SMILES string of the molecule is CCN(C)C(=O)Nc1ccc(C[C@H](C)C(=O)OC)cc1. The number of urea groups is 1. The van der Waals surface area contributed by atoms with Gasteiger partial charge in [0.15, 0.2) is 0 Å². The summed E-state index contributed by atoms with van der Waals surface area (Å²) in [6.45, 7) is 4.40. The van der Waals surface area contributed by atoms with Crippen LogP contribution in [0.3, 0.4) is 0 Å². The van der Waals surface area contributed by atoms with Crippen LogP contribution in [-0.4, -0.2) is 37.6 Å². The van der Waals surface area contributed by atoms with Crippen LogP contribution < -0.4 is 5.32 Å². The molecule has 2 amide bonds. The van der Waals surface area contributed by atoms with Crippen molar-refractivity contribution in [3.05, 3.63) is 29.8 Å². The van der Waals surface area contributed by atoms with E-state index in [0.29, 0.717) is 13.0 Å². The van der Waals surface area contributed by atoms with E-state index in [0.717, 1.165) is 11.3 Å². The molecule has 1 rings (SSSR count). The van der Waals surface area contributed by atoms with Gasteiger partial charge in [-0.15, -0.1) is 0 Å². The zero-order chi connectivity index (χ0) is 15.1. The van der Waals surface area contributed by atoms with Gasteiger partial charge in [0.05, 0.1) is 13.0 Å². The predicted octanol–water partition coefficient (Wildman–Crippen LogP) is 2.52. The second-order valence-corrected chi connectivity index (χ2v) is 4.77. The third-order valence-corrected chi connectivity index (χ3v) is 3.17. The number of hydrogen-bond donors (Lipinski definition) is 1. The van der Waals surface area contributed by atoms with Crippen molar-refractivity contribution in [3.63, 3.8) is 0 Å².